The lowest BCUT2D eigenvalue weighted by atomic mass is 10.0. The summed E-state index contributed by atoms with van der Waals surface area (Å²) in [7, 11) is 0. The van der Waals surface area contributed by atoms with E-state index in [0.29, 0.717) is 0 Å². The summed E-state index contributed by atoms with van der Waals surface area (Å²) < 4.78 is 0. The summed E-state index contributed by atoms with van der Waals surface area (Å²) in [6.45, 7) is 1.45. The van der Waals surface area contributed by atoms with Gasteiger partial charge < -0.3 is 10.0 Å². The standard InChI is InChI=1S/C14H16N2O3/c1-11(17)16(9-5-8-15)13(14(18)19)10-12-6-3-2-4-7-12/h2-4,6-7,13H,5,9-10H2,1H3,(H,18,19). The van der Waals surface area contributed by atoms with Gasteiger partial charge in [-0.2, -0.15) is 5.26 Å². The van der Waals surface area contributed by atoms with Crippen molar-refractivity contribution < 1.29 is 14.7 Å². The number of carbonyl (C=O) groups is 2. The molecule has 0 saturated heterocycles. The first-order valence-corrected chi connectivity index (χ1v) is 5.97. The minimum Gasteiger partial charge on any atom is -0.480 e. The molecule has 0 saturated carbocycles. The van der Waals surface area contributed by atoms with E-state index in [-0.39, 0.29) is 25.3 Å². The summed E-state index contributed by atoms with van der Waals surface area (Å²) in [5.41, 5.74) is 0.845. The van der Waals surface area contributed by atoms with Gasteiger partial charge >= 0.3 is 5.97 Å². The predicted octanol–water partition coefficient (Wildman–Crippen LogP) is 1.44. The van der Waals surface area contributed by atoms with E-state index in [1.807, 2.05) is 36.4 Å². The lowest BCUT2D eigenvalue weighted by Crippen LogP contribution is -2.45. The number of hydrogen-bond donors (Lipinski definition) is 1. The molecular formula is C14H16N2O3. The number of carboxylic acid groups (broad SMARTS) is 1. The Bertz CT molecular complexity index is 479. The van der Waals surface area contributed by atoms with Gasteiger partial charge in [0.2, 0.25) is 5.91 Å². The number of carboxylic acids is 1. The van der Waals surface area contributed by atoms with E-state index in [4.69, 9.17) is 5.26 Å². The van der Waals surface area contributed by atoms with Crippen molar-refractivity contribution in [1.82, 2.24) is 4.90 Å². The first kappa shape index (κ1) is 14.7. The minimum absolute atomic E-state index is 0.123. The molecular weight excluding hydrogens is 244 g/mol. The highest BCUT2D eigenvalue weighted by Gasteiger charge is 2.27. The first-order valence-electron chi connectivity index (χ1n) is 5.97. The maximum absolute atomic E-state index is 11.5. The van der Waals surface area contributed by atoms with E-state index in [1.165, 1.54) is 11.8 Å². The van der Waals surface area contributed by atoms with Crippen LogP contribution < -0.4 is 0 Å². The summed E-state index contributed by atoms with van der Waals surface area (Å²) in [5, 5.41) is 17.8. The molecule has 5 nitrogen and oxygen atoms in total. The number of aliphatic carboxylic acids is 1. The average Bonchev–Trinajstić information content (AvgIpc) is 2.38. The second-order valence-electron chi connectivity index (χ2n) is 4.16. The summed E-state index contributed by atoms with van der Waals surface area (Å²) in [5.74, 6) is -1.39. The number of hydrogen-bond acceptors (Lipinski definition) is 3. The van der Waals surface area contributed by atoms with Gasteiger partial charge in [-0.1, -0.05) is 30.3 Å². The fourth-order valence-corrected chi connectivity index (χ4v) is 1.87. The molecule has 0 fully saturated rings. The van der Waals surface area contributed by atoms with Gasteiger partial charge in [0.25, 0.3) is 0 Å². The Kier molecular flexibility index (Phi) is 5.55. The molecule has 0 aliphatic heterocycles. The van der Waals surface area contributed by atoms with Crippen molar-refractivity contribution in [3.05, 3.63) is 35.9 Å². The normalized spacial score (nSPS) is 11.4. The summed E-state index contributed by atoms with van der Waals surface area (Å²) in [6, 6.07) is 10.1. The highest BCUT2D eigenvalue weighted by Crippen LogP contribution is 2.10. The lowest BCUT2D eigenvalue weighted by Gasteiger charge is -2.27. The Morgan fingerprint density at radius 1 is 1.37 bits per heavy atom. The molecule has 0 aliphatic carbocycles. The zero-order chi connectivity index (χ0) is 14.3. The van der Waals surface area contributed by atoms with Crippen LogP contribution >= 0.6 is 0 Å². The largest absolute Gasteiger partial charge is 0.480 e. The van der Waals surface area contributed by atoms with Gasteiger partial charge in [0, 0.05) is 19.9 Å². The van der Waals surface area contributed by atoms with Crippen LogP contribution in [0.2, 0.25) is 0 Å². The molecule has 1 rings (SSSR count). The van der Waals surface area contributed by atoms with Crippen LogP contribution in [0, 0.1) is 11.3 Å². The Morgan fingerprint density at radius 2 is 2.00 bits per heavy atom. The molecule has 19 heavy (non-hydrogen) atoms. The van der Waals surface area contributed by atoms with Gasteiger partial charge in [0.15, 0.2) is 0 Å². The Morgan fingerprint density at radius 3 is 2.47 bits per heavy atom. The van der Waals surface area contributed by atoms with Gasteiger partial charge in [-0.25, -0.2) is 4.79 Å². The zero-order valence-corrected chi connectivity index (χ0v) is 10.7. The van der Waals surface area contributed by atoms with Gasteiger partial charge in [-0.3, -0.25) is 4.79 Å². The van der Waals surface area contributed by atoms with Crippen LogP contribution in [0.4, 0.5) is 0 Å². The third-order valence-corrected chi connectivity index (χ3v) is 2.80. The SMILES string of the molecule is CC(=O)N(CCC#N)C(Cc1ccccc1)C(=O)O. The third-order valence-electron chi connectivity index (χ3n) is 2.80. The summed E-state index contributed by atoms with van der Waals surface area (Å²) in [6.07, 6.45) is 0.360. The maximum Gasteiger partial charge on any atom is 0.326 e. The lowest BCUT2D eigenvalue weighted by molar-refractivity contribution is -0.149. The van der Waals surface area contributed by atoms with Crippen LogP contribution in [0.5, 0.6) is 0 Å². The molecule has 0 aromatic heterocycles. The van der Waals surface area contributed by atoms with Gasteiger partial charge in [0.05, 0.1) is 12.5 Å². The molecule has 0 spiro atoms. The number of rotatable bonds is 6. The second kappa shape index (κ2) is 7.17. The average molecular weight is 260 g/mol. The van der Waals surface area contributed by atoms with Crippen molar-refractivity contribution in [2.45, 2.75) is 25.8 Å². The van der Waals surface area contributed by atoms with Crippen molar-refractivity contribution in [1.29, 1.82) is 5.26 Å². The molecule has 0 aliphatic rings. The summed E-state index contributed by atoms with van der Waals surface area (Å²) >= 11 is 0. The van der Waals surface area contributed by atoms with E-state index in [0.717, 1.165) is 5.56 Å². The molecule has 1 atom stereocenters. The zero-order valence-electron chi connectivity index (χ0n) is 10.7. The van der Waals surface area contributed by atoms with Crippen LogP contribution in [-0.4, -0.2) is 34.5 Å². The van der Waals surface area contributed by atoms with Crippen molar-refractivity contribution in [3.8, 4) is 6.07 Å². The Labute approximate surface area is 112 Å². The van der Waals surface area contributed by atoms with E-state index in [2.05, 4.69) is 0 Å². The fraction of sp³-hybridized carbons (Fsp3) is 0.357. The maximum atomic E-state index is 11.5. The van der Waals surface area contributed by atoms with Crippen molar-refractivity contribution >= 4 is 11.9 Å². The highest BCUT2D eigenvalue weighted by atomic mass is 16.4. The number of benzene rings is 1. The first-order chi connectivity index (χ1) is 9.06. The number of nitrogens with zero attached hydrogens (tertiary/aromatic N) is 2. The minimum atomic E-state index is -1.06. The Hall–Kier alpha value is -2.35. The van der Waals surface area contributed by atoms with Crippen LogP contribution in [-0.2, 0) is 16.0 Å². The molecule has 5 heteroatoms. The number of amides is 1. The molecule has 0 heterocycles. The smallest absolute Gasteiger partial charge is 0.326 e. The van der Waals surface area contributed by atoms with Crippen LogP contribution in [0.15, 0.2) is 30.3 Å². The molecule has 0 radical (unpaired) electrons. The monoisotopic (exact) mass is 260 g/mol. The molecule has 1 N–H and O–H groups in total. The van der Waals surface area contributed by atoms with E-state index < -0.39 is 12.0 Å². The van der Waals surface area contributed by atoms with Crippen LogP contribution in [0.1, 0.15) is 18.9 Å². The molecule has 1 unspecified atom stereocenters. The van der Waals surface area contributed by atoms with Crippen LogP contribution in [0.25, 0.3) is 0 Å². The van der Waals surface area contributed by atoms with Crippen LogP contribution in [0.3, 0.4) is 0 Å². The van der Waals surface area contributed by atoms with Gasteiger partial charge in [0.1, 0.15) is 6.04 Å². The molecule has 100 valence electrons. The topological polar surface area (TPSA) is 81.4 Å². The molecule has 1 aromatic carbocycles. The van der Waals surface area contributed by atoms with Crippen molar-refractivity contribution in [3.63, 3.8) is 0 Å². The van der Waals surface area contributed by atoms with Crippen molar-refractivity contribution in [2.24, 2.45) is 0 Å². The highest BCUT2D eigenvalue weighted by molar-refractivity contribution is 5.82. The second-order valence-corrected chi connectivity index (χ2v) is 4.16. The van der Waals surface area contributed by atoms with Gasteiger partial charge in [-0.15, -0.1) is 0 Å². The molecule has 0 bridgehead atoms. The fourth-order valence-electron chi connectivity index (χ4n) is 1.87. The quantitative estimate of drug-likeness (QED) is 0.839. The third kappa shape index (κ3) is 4.43. The Balaban J connectivity index is 2.88. The summed E-state index contributed by atoms with van der Waals surface area (Å²) in [4.78, 5) is 24.1. The van der Waals surface area contributed by atoms with E-state index >= 15 is 0 Å². The van der Waals surface area contributed by atoms with E-state index in [1.54, 1.807) is 0 Å². The number of nitriles is 1. The van der Waals surface area contributed by atoms with Crippen molar-refractivity contribution in [2.75, 3.05) is 6.54 Å². The number of carbonyl (C=O) groups excluding carboxylic acids is 1. The predicted molar refractivity (Wildman–Crippen MR) is 69.2 cm³/mol. The van der Waals surface area contributed by atoms with E-state index in [9.17, 15) is 14.7 Å². The molecule has 1 aromatic rings. The van der Waals surface area contributed by atoms with Gasteiger partial charge in [-0.05, 0) is 5.56 Å². The molecule has 1 amide bonds.